The van der Waals surface area contributed by atoms with Crippen molar-refractivity contribution in [3.8, 4) is 17.5 Å². The number of pyridine rings is 1. The van der Waals surface area contributed by atoms with E-state index in [9.17, 15) is 4.79 Å². The minimum Gasteiger partial charge on any atom is -0.474 e. The predicted molar refractivity (Wildman–Crippen MR) is 106 cm³/mol. The number of aromatic nitrogens is 3. The molecule has 1 amide bonds. The van der Waals surface area contributed by atoms with E-state index in [0.29, 0.717) is 43.4 Å². The summed E-state index contributed by atoms with van der Waals surface area (Å²) in [5.41, 5.74) is 0.746. The molecule has 0 aliphatic carbocycles. The largest absolute Gasteiger partial charge is 0.474 e. The summed E-state index contributed by atoms with van der Waals surface area (Å²) in [4.78, 5) is 26.3. The topological polar surface area (TPSA) is 86.7 Å². The van der Waals surface area contributed by atoms with Gasteiger partial charge in [0.2, 0.25) is 11.8 Å². The molecule has 0 saturated carbocycles. The van der Waals surface area contributed by atoms with Gasteiger partial charge < -0.3 is 19.1 Å². The summed E-state index contributed by atoms with van der Waals surface area (Å²) in [5.74, 6) is 1.44. The Hall–Kier alpha value is -2.42. The molecule has 1 fully saturated rings. The van der Waals surface area contributed by atoms with E-state index in [0.717, 1.165) is 10.3 Å². The number of nitrogens with zero attached hydrogens (tertiary/aromatic N) is 4. The lowest BCUT2D eigenvalue weighted by Gasteiger charge is -2.31. The molecule has 0 bridgehead atoms. The molecule has 0 atom stereocenters. The highest BCUT2D eigenvalue weighted by Gasteiger charge is 2.25. The van der Waals surface area contributed by atoms with Gasteiger partial charge in [-0.2, -0.15) is 0 Å². The molecule has 0 spiro atoms. The number of amides is 1. The zero-order valence-corrected chi connectivity index (χ0v) is 17.7. The first-order valence-corrected chi connectivity index (χ1v) is 9.95. The highest BCUT2D eigenvalue weighted by molar-refractivity contribution is 9.10. The molecule has 9 heteroatoms. The molecule has 0 N–H and O–H groups in total. The van der Waals surface area contributed by atoms with Crippen molar-refractivity contribution in [1.82, 2.24) is 19.9 Å². The second kappa shape index (κ2) is 9.18. The van der Waals surface area contributed by atoms with E-state index in [1.54, 1.807) is 17.0 Å². The van der Waals surface area contributed by atoms with Gasteiger partial charge in [-0.25, -0.2) is 19.7 Å². The van der Waals surface area contributed by atoms with Crippen LogP contribution in [0.5, 0.6) is 17.5 Å². The number of likely N-dealkylation sites (tertiary alicyclic amines) is 1. The average molecular weight is 451 g/mol. The van der Waals surface area contributed by atoms with E-state index < -0.39 is 0 Å². The molecule has 1 aliphatic heterocycles. The Bertz CT molecular complexity index is 825. The molecule has 1 saturated heterocycles. The molecule has 1 aliphatic rings. The zero-order valence-electron chi connectivity index (χ0n) is 16.1. The SMILES string of the molecule is Cc1nc(Br)ccc1Oc1cc(OC2CCN(C(=O)OC(C)C)CC2)ncn1. The standard InChI is InChI=1S/C19H23BrN4O4/c1-12(2)26-19(25)24-8-6-14(7-9-24)27-17-10-18(22-11-21-17)28-15-4-5-16(20)23-13(15)3/h4-5,10-12,14H,6-9H2,1-3H3. The van der Waals surface area contributed by atoms with Crippen molar-refractivity contribution in [2.45, 2.75) is 45.8 Å². The van der Waals surface area contributed by atoms with Gasteiger partial charge in [-0.15, -0.1) is 0 Å². The summed E-state index contributed by atoms with van der Waals surface area (Å²) < 4.78 is 17.7. The highest BCUT2D eigenvalue weighted by Crippen LogP contribution is 2.26. The average Bonchev–Trinajstić information content (AvgIpc) is 2.64. The molecule has 3 rings (SSSR count). The van der Waals surface area contributed by atoms with Gasteiger partial charge in [-0.3, -0.25) is 0 Å². The van der Waals surface area contributed by atoms with Crippen molar-refractivity contribution < 1.29 is 19.0 Å². The maximum Gasteiger partial charge on any atom is 0.410 e. The van der Waals surface area contributed by atoms with Crippen LogP contribution in [0.25, 0.3) is 0 Å². The van der Waals surface area contributed by atoms with Gasteiger partial charge in [0, 0.05) is 25.9 Å². The summed E-state index contributed by atoms with van der Waals surface area (Å²) in [6.45, 7) is 6.72. The maximum atomic E-state index is 12.0. The number of carbonyl (C=O) groups excluding carboxylic acids is 1. The van der Waals surface area contributed by atoms with Crippen LogP contribution in [0.4, 0.5) is 4.79 Å². The van der Waals surface area contributed by atoms with Crippen molar-refractivity contribution in [2.24, 2.45) is 0 Å². The first-order chi connectivity index (χ1) is 13.4. The summed E-state index contributed by atoms with van der Waals surface area (Å²) in [7, 11) is 0. The Morgan fingerprint density at radius 3 is 2.61 bits per heavy atom. The normalized spacial score (nSPS) is 14.8. The van der Waals surface area contributed by atoms with Gasteiger partial charge in [0.25, 0.3) is 0 Å². The third-order valence-corrected chi connectivity index (χ3v) is 4.60. The van der Waals surface area contributed by atoms with Gasteiger partial charge in [0.05, 0.1) is 17.9 Å². The number of hydrogen-bond donors (Lipinski definition) is 0. The molecule has 28 heavy (non-hydrogen) atoms. The van der Waals surface area contributed by atoms with Crippen molar-refractivity contribution >= 4 is 22.0 Å². The number of ether oxygens (including phenoxy) is 3. The number of halogens is 1. The third-order valence-electron chi connectivity index (χ3n) is 4.16. The number of piperidine rings is 1. The molecule has 0 aromatic carbocycles. The van der Waals surface area contributed by atoms with E-state index in [-0.39, 0.29) is 18.3 Å². The lowest BCUT2D eigenvalue weighted by atomic mass is 10.1. The molecule has 2 aromatic heterocycles. The first-order valence-electron chi connectivity index (χ1n) is 9.16. The lowest BCUT2D eigenvalue weighted by molar-refractivity contribution is 0.0507. The quantitative estimate of drug-likeness (QED) is 0.632. The highest BCUT2D eigenvalue weighted by atomic mass is 79.9. The minimum absolute atomic E-state index is 0.0260. The van der Waals surface area contributed by atoms with Gasteiger partial charge in [-0.1, -0.05) is 0 Å². The van der Waals surface area contributed by atoms with Crippen molar-refractivity contribution in [1.29, 1.82) is 0 Å². The smallest absolute Gasteiger partial charge is 0.410 e. The summed E-state index contributed by atoms with van der Waals surface area (Å²) in [5, 5.41) is 0. The Morgan fingerprint density at radius 1 is 1.21 bits per heavy atom. The fourth-order valence-corrected chi connectivity index (χ4v) is 3.18. The van der Waals surface area contributed by atoms with E-state index in [1.165, 1.54) is 6.33 Å². The van der Waals surface area contributed by atoms with Crippen LogP contribution in [-0.2, 0) is 4.74 Å². The number of carbonyl (C=O) groups is 1. The molecular weight excluding hydrogens is 428 g/mol. The van der Waals surface area contributed by atoms with Crippen LogP contribution in [0.1, 0.15) is 32.4 Å². The predicted octanol–water partition coefficient (Wildman–Crippen LogP) is 4.12. The monoisotopic (exact) mass is 450 g/mol. The van der Waals surface area contributed by atoms with Gasteiger partial charge in [-0.05, 0) is 48.8 Å². The molecule has 2 aromatic rings. The minimum atomic E-state index is -0.273. The van der Waals surface area contributed by atoms with Crippen LogP contribution in [0.3, 0.4) is 0 Å². The van der Waals surface area contributed by atoms with Crippen LogP contribution in [0.2, 0.25) is 0 Å². The van der Waals surface area contributed by atoms with Gasteiger partial charge >= 0.3 is 6.09 Å². The molecule has 150 valence electrons. The van der Waals surface area contributed by atoms with Crippen molar-refractivity contribution in [2.75, 3.05) is 13.1 Å². The Balaban J connectivity index is 1.56. The Morgan fingerprint density at radius 2 is 1.93 bits per heavy atom. The van der Waals surface area contributed by atoms with Crippen LogP contribution >= 0.6 is 15.9 Å². The van der Waals surface area contributed by atoms with E-state index in [2.05, 4.69) is 30.9 Å². The molecular formula is C19H23BrN4O4. The maximum absolute atomic E-state index is 12.0. The van der Waals surface area contributed by atoms with Crippen LogP contribution < -0.4 is 9.47 Å². The van der Waals surface area contributed by atoms with Crippen LogP contribution in [0, 0.1) is 6.92 Å². The number of aryl methyl sites for hydroxylation is 1. The van der Waals surface area contributed by atoms with Gasteiger partial charge in [0.1, 0.15) is 17.0 Å². The van der Waals surface area contributed by atoms with Crippen LogP contribution in [-0.4, -0.2) is 51.2 Å². The first kappa shape index (κ1) is 20.3. The molecule has 8 nitrogen and oxygen atoms in total. The fourth-order valence-electron chi connectivity index (χ4n) is 2.78. The van der Waals surface area contributed by atoms with Crippen LogP contribution in [0.15, 0.2) is 29.1 Å². The lowest BCUT2D eigenvalue weighted by Crippen LogP contribution is -2.42. The Labute approximate surface area is 172 Å². The molecule has 0 unspecified atom stereocenters. The summed E-state index contributed by atoms with van der Waals surface area (Å²) in [6.07, 6.45) is 2.41. The fraction of sp³-hybridized carbons (Fsp3) is 0.474. The van der Waals surface area contributed by atoms with E-state index >= 15 is 0 Å². The van der Waals surface area contributed by atoms with Crippen molar-refractivity contribution in [3.63, 3.8) is 0 Å². The van der Waals surface area contributed by atoms with E-state index in [1.807, 2.05) is 26.8 Å². The second-order valence-electron chi connectivity index (χ2n) is 6.75. The Kier molecular flexibility index (Phi) is 6.66. The van der Waals surface area contributed by atoms with E-state index in [4.69, 9.17) is 14.2 Å². The second-order valence-corrected chi connectivity index (χ2v) is 7.56. The number of rotatable bonds is 5. The number of hydrogen-bond acceptors (Lipinski definition) is 7. The third kappa shape index (κ3) is 5.54. The summed E-state index contributed by atoms with van der Waals surface area (Å²) >= 11 is 3.33. The van der Waals surface area contributed by atoms with Gasteiger partial charge in [0.15, 0.2) is 5.75 Å². The summed E-state index contributed by atoms with van der Waals surface area (Å²) in [6, 6.07) is 5.28. The zero-order chi connectivity index (χ0) is 20.1. The molecule has 3 heterocycles. The van der Waals surface area contributed by atoms with Crippen molar-refractivity contribution in [3.05, 3.63) is 34.8 Å². The molecule has 0 radical (unpaired) electrons.